The summed E-state index contributed by atoms with van der Waals surface area (Å²) in [7, 11) is 1.70. The minimum Gasteiger partial charge on any atom is -0.497 e. The fraction of sp³-hybridized carbons (Fsp3) is 0.333. The van der Waals surface area contributed by atoms with Gasteiger partial charge in [0.1, 0.15) is 5.75 Å². The van der Waals surface area contributed by atoms with E-state index in [-0.39, 0.29) is 6.04 Å². The highest BCUT2D eigenvalue weighted by Crippen LogP contribution is 2.34. The number of nitrogens with one attached hydrogen (secondary N) is 1. The topological polar surface area (TPSA) is 47.3 Å². The lowest BCUT2D eigenvalue weighted by Crippen LogP contribution is -2.23. The number of ether oxygens (including phenoxy) is 1. The van der Waals surface area contributed by atoms with E-state index >= 15 is 0 Å². The first-order valence-electron chi connectivity index (χ1n) is 7.45. The van der Waals surface area contributed by atoms with Crippen molar-refractivity contribution in [3.8, 4) is 5.75 Å². The number of hydrogen-bond donors (Lipinski definition) is 2. The lowest BCUT2D eigenvalue weighted by molar-refractivity contribution is 0.411. The van der Waals surface area contributed by atoms with Crippen LogP contribution in [0.2, 0.25) is 0 Å². The summed E-state index contributed by atoms with van der Waals surface area (Å²) in [4.78, 5) is 0. The van der Waals surface area contributed by atoms with Crippen LogP contribution in [0.1, 0.15) is 42.1 Å². The van der Waals surface area contributed by atoms with Gasteiger partial charge in [0, 0.05) is 17.8 Å². The fourth-order valence-corrected chi connectivity index (χ4v) is 3.12. The number of methoxy groups -OCH3 is 1. The molecule has 0 saturated heterocycles. The highest BCUT2D eigenvalue weighted by Gasteiger charge is 2.24. The maximum atomic E-state index is 5.87. The van der Waals surface area contributed by atoms with Gasteiger partial charge in [-0.15, -0.1) is 0 Å². The molecule has 0 aromatic heterocycles. The van der Waals surface area contributed by atoms with Gasteiger partial charge in [0.15, 0.2) is 0 Å². The average Bonchev–Trinajstić information content (AvgIpc) is 2.89. The largest absolute Gasteiger partial charge is 0.497 e. The summed E-state index contributed by atoms with van der Waals surface area (Å²) in [5.41, 5.74) is 10.7. The lowest BCUT2D eigenvalue weighted by Gasteiger charge is -2.21. The highest BCUT2D eigenvalue weighted by atomic mass is 16.5. The number of fused-ring (bicyclic) bond motifs is 1. The molecular formula is C18H22N2O. The molecule has 1 aliphatic carbocycles. The molecule has 0 spiro atoms. The molecule has 2 aromatic rings. The SMILES string of the molecule is COc1cccc([C@H](C)NC2CCc3cc(N)ccc32)c1. The van der Waals surface area contributed by atoms with E-state index in [0.717, 1.165) is 24.3 Å². The molecule has 2 aromatic carbocycles. The normalized spacial score (nSPS) is 18.3. The van der Waals surface area contributed by atoms with Crippen LogP contribution in [-0.4, -0.2) is 7.11 Å². The van der Waals surface area contributed by atoms with Gasteiger partial charge in [0.05, 0.1) is 7.11 Å². The van der Waals surface area contributed by atoms with Crippen molar-refractivity contribution >= 4 is 5.69 Å². The average molecular weight is 282 g/mol. The molecule has 0 amide bonds. The minimum absolute atomic E-state index is 0.286. The first-order chi connectivity index (χ1) is 10.2. The van der Waals surface area contributed by atoms with E-state index < -0.39 is 0 Å². The van der Waals surface area contributed by atoms with Crippen molar-refractivity contribution < 1.29 is 4.74 Å². The molecule has 0 saturated carbocycles. The zero-order valence-corrected chi connectivity index (χ0v) is 12.6. The second-order valence-electron chi connectivity index (χ2n) is 5.71. The summed E-state index contributed by atoms with van der Waals surface area (Å²) in [6.07, 6.45) is 2.23. The standard InChI is InChI=1S/C18H22N2O/c1-12(13-4-3-5-16(11-13)21-2)20-18-9-6-14-10-15(19)7-8-17(14)18/h3-5,7-8,10-12,18,20H,6,9,19H2,1-2H3/t12-,18?/m0/s1. The van der Waals surface area contributed by atoms with Crippen LogP contribution in [0.4, 0.5) is 5.69 Å². The van der Waals surface area contributed by atoms with Gasteiger partial charge in [-0.25, -0.2) is 0 Å². The molecule has 2 atom stereocenters. The summed E-state index contributed by atoms with van der Waals surface area (Å²) in [5, 5.41) is 3.73. The molecule has 3 nitrogen and oxygen atoms in total. The van der Waals surface area contributed by atoms with Gasteiger partial charge in [0.2, 0.25) is 0 Å². The Kier molecular flexibility index (Phi) is 3.84. The van der Waals surface area contributed by atoms with E-state index in [1.54, 1.807) is 7.11 Å². The zero-order valence-electron chi connectivity index (χ0n) is 12.6. The molecule has 21 heavy (non-hydrogen) atoms. The molecular weight excluding hydrogens is 260 g/mol. The Morgan fingerprint density at radius 2 is 2.10 bits per heavy atom. The van der Waals surface area contributed by atoms with Gasteiger partial charge in [-0.3, -0.25) is 0 Å². The molecule has 3 N–H and O–H groups in total. The Morgan fingerprint density at radius 1 is 1.24 bits per heavy atom. The first kappa shape index (κ1) is 14.0. The van der Waals surface area contributed by atoms with Crippen LogP contribution in [0.25, 0.3) is 0 Å². The van der Waals surface area contributed by atoms with Crippen molar-refractivity contribution in [3.63, 3.8) is 0 Å². The van der Waals surface area contributed by atoms with Crippen molar-refractivity contribution in [2.45, 2.75) is 31.8 Å². The number of anilines is 1. The summed E-state index contributed by atoms with van der Waals surface area (Å²) < 4.78 is 5.30. The Hall–Kier alpha value is -2.00. The van der Waals surface area contributed by atoms with Crippen LogP contribution >= 0.6 is 0 Å². The quantitative estimate of drug-likeness (QED) is 0.842. The zero-order chi connectivity index (χ0) is 14.8. The van der Waals surface area contributed by atoms with Gasteiger partial charge < -0.3 is 15.8 Å². The van der Waals surface area contributed by atoms with Crippen LogP contribution in [0.15, 0.2) is 42.5 Å². The maximum Gasteiger partial charge on any atom is 0.119 e. The van der Waals surface area contributed by atoms with Crippen molar-refractivity contribution in [2.75, 3.05) is 12.8 Å². The van der Waals surface area contributed by atoms with E-state index in [9.17, 15) is 0 Å². The van der Waals surface area contributed by atoms with E-state index in [1.807, 2.05) is 18.2 Å². The third kappa shape index (κ3) is 2.88. The maximum absolute atomic E-state index is 5.87. The third-order valence-electron chi connectivity index (χ3n) is 4.29. The third-order valence-corrected chi connectivity index (χ3v) is 4.29. The number of nitrogens with two attached hydrogens (primary N) is 1. The molecule has 0 fully saturated rings. The summed E-state index contributed by atoms with van der Waals surface area (Å²) in [6, 6.07) is 15.2. The molecule has 3 rings (SSSR count). The fourth-order valence-electron chi connectivity index (χ4n) is 3.12. The summed E-state index contributed by atoms with van der Waals surface area (Å²) >= 11 is 0. The van der Waals surface area contributed by atoms with Crippen molar-refractivity contribution in [2.24, 2.45) is 0 Å². The van der Waals surface area contributed by atoms with Gasteiger partial charge >= 0.3 is 0 Å². The number of rotatable bonds is 4. The monoisotopic (exact) mass is 282 g/mol. The molecule has 3 heteroatoms. The van der Waals surface area contributed by atoms with Crippen molar-refractivity contribution in [1.82, 2.24) is 5.32 Å². The van der Waals surface area contributed by atoms with E-state index in [1.165, 1.54) is 16.7 Å². The van der Waals surface area contributed by atoms with Crippen LogP contribution in [0, 0.1) is 0 Å². The van der Waals surface area contributed by atoms with Gasteiger partial charge in [-0.2, -0.15) is 0 Å². The molecule has 0 heterocycles. The van der Waals surface area contributed by atoms with Crippen LogP contribution in [-0.2, 0) is 6.42 Å². The predicted molar refractivity (Wildman–Crippen MR) is 86.5 cm³/mol. The van der Waals surface area contributed by atoms with Gasteiger partial charge in [-0.05, 0) is 60.7 Å². The highest BCUT2D eigenvalue weighted by molar-refractivity contribution is 5.47. The Labute approximate surface area is 126 Å². The van der Waals surface area contributed by atoms with E-state index in [0.29, 0.717) is 6.04 Å². The summed E-state index contributed by atoms with van der Waals surface area (Å²) in [6.45, 7) is 2.20. The molecule has 110 valence electrons. The molecule has 1 unspecified atom stereocenters. The number of hydrogen-bond acceptors (Lipinski definition) is 3. The molecule has 1 aliphatic rings. The van der Waals surface area contributed by atoms with Gasteiger partial charge in [0.25, 0.3) is 0 Å². The summed E-state index contributed by atoms with van der Waals surface area (Å²) in [5.74, 6) is 0.903. The van der Waals surface area contributed by atoms with Crippen LogP contribution in [0.3, 0.4) is 0 Å². The Morgan fingerprint density at radius 3 is 2.90 bits per heavy atom. The van der Waals surface area contributed by atoms with E-state index in [4.69, 9.17) is 10.5 Å². The smallest absolute Gasteiger partial charge is 0.119 e. The van der Waals surface area contributed by atoms with Crippen molar-refractivity contribution in [3.05, 3.63) is 59.2 Å². The van der Waals surface area contributed by atoms with E-state index in [2.05, 4.69) is 36.5 Å². The van der Waals surface area contributed by atoms with Gasteiger partial charge in [-0.1, -0.05) is 18.2 Å². The lowest BCUT2D eigenvalue weighted by atomic mass is 10.0. The Bertz CT molecular complexity index is 639. The van der Waals surface area contributed by atoms with Crippen LogP contribution in [0.5, 0.6) is 5.75 Å². The second kappa shape index (κ2) is 5.78. The number of nitrogen functional groups attached to an aromatic ring is 1. The second-order valence-corrected chi connectivity index (χ2v) is 5.71. The minimum atomic E-state index is 0.286. The first-order valence-corrected chi connectivity index (χ1v) is 7.45. The van der Waals surface area contributed by atoms with Crippen molar-refractivity contribution in [1.29, 1.82) is 0 Å². The molecule has 0 bridgehead atoms. The molecule has 0 radical (unpaired) electrons. The Balaban J connectivity index is 1.76. The molecule has 0 aliphatic heterocycles. The predicted octanol–water partition coefficient (Wildman–Crippen LogP) is 3.62. The number of aryl methyl sites for hydroxylation is 1. The number of benzene rings is 2. The van der Waals surface area contributed by atoms with Crippen LogP contribution < -0.4 is 15.8 Å².